The lowest BCUT2D eigenvalue weighted by Crippen LogP contribution is -2.15. The van der Waals surface area contributed by atoms with Gasteiger partial charge in [-0.1, -0.05) is 12.1 Å². The van der Waals surface area contributed by atoms with Gasteiger partial charge in [0.25, 0.3) is 0 Å². The first-order valence-corrected chi connectivity index (χ1v) is 5.80. The van der Waals surface area contributed by atoms with Crippen LogP contribution in [0.5, 0.6) is 0 Å². The van der Waals surface area contributed by atoms with Gasteiger partial charge in [0.1, 0.15) is 5.82 Å². The van der Waals surface area contributed by atoms with Crippen molar-refractivity contribution >= 4 is 0 Å². The maximum atomic E-state index is 12.4. The molecule has 0 radical (unpaired) electrons. The van der Waals surface area contributed by atoms with E-state index in [0.29, 0.717) is 13.1 Å². The highest BCUT2D eigenvalue weighted by atomic mass is 19.4. The SMILES string of the molecule is Cn1ccnc1CNCc1ccc(C(F)(F)F)cc1. The van der Waals surface area contributed by atoms with Crippen LogP contribution in [0.25, 0.3) is 0 Å². The van der Waals surface area contributed by atoms with Crippen LogP contribution in [-0.2, 0) is 26.3 Å². The van der Waals surface area contributed by atoms with E-state index in [1.165, 1.54) is 12.1 Å². The molecule has 0 spiro atoms. The van der Waals surface area contributed by atoms with Gasteiger partial charge in [0, 0.05) is 26.0 Å². The average molecular weight is 269 g/mol. The Morgan fingerprint density at radius 1 is 1.16 bits per heavy atom. The molecule has 3 nitrogen and oxygen atoms in total. The number of imidazole rings is 1. The van der Waals surface area contributed by atoms with E-state index in [1.54, 1.807) is 6.20 Å². The van der Waals surface area contributed by atoms with Crippen molar-refractivity contribution in [1.29, 1.82) is 0 Å². The topological polar surface area (TPSA) is 29.9 Å². The minimum atomic E-state index is -4.28. The van der Waals surface area contributed by atoms with Gasteiger partial charge in [0.05, 0.1) is 12.1 Å². The summed E-state index contributed by atoms with van der Waals surface area (Å²) < 4.78 is 39.0. The number of aromatic nitrogens is 2. The summed E-state index contributed by atoms with van der Waals surface area (Å²) in [6.45, 7) is 1.08. The summed E-state index contributed by atoms with van der Waals surface area (Å²) in [6.07, 6.45) is -0.733. The van der Waals surface area contributed by atoms with Gasteiger partial charge < -0.3 is 9.88 Å². The van der Waals surface area contributed by atoms with Crippen LogP contribution in [0, 0.1) is 0 Å². The van der Waals surface area contributed by atoms with Crippen LogP contribution in [-0.4, -0.2) is 9.55 Å². The van der Waals surface area contributed by atoms with Gasteiger partial charge in [-0.3, -0.25) is 0 Å². The van der Waals surface area contributed by atoms with Gasteiger partial charge in [-0.15, -0.1) is 0 Å². The molecule has 0 amide bonds. The third-order valence-electron chi connectivity index (χ3n) is 2.81. The predicted octanol–water partition coefficient (Wildman–Crippen LogP) is 2.73. The molecule has 1 N–H and O–H groups in total. The van der Waals surface area contributed by atoms with Crippen molar-refractivity contribution in [2.24, 2.45) is 7.05 Å². The summed E-state index contributed by atoms with van der Waals surface area (Å²) >= 11 is 0. The number of alkyl halides is 3. The van der Waals surface area contributed by atoms with Gasteiger partial charge in [-0.25, -0.2) is 4.98 Å². The molecule has 0 saturated heterocycles. The zero-order chi connectivity index (χ0) is 13.9. The second kappa shape index (κ2) is 5.44. The zero-order valence-electron chi connectivity index (χ0n) is 10.4. The predicted molar refractivity (Wildman–Crippen MR) is 65.2 cm³/mol. The molecule has 0 atom stereocenters. The molecular formula is C13H14F3N3. The first-order valence-electron chi connectivity index (χ1n) is 5.80. The van der Waals surface area contributed by atoms with E-state index < -0.39 is 11.7 Å². The van der Waals surface area contributed by atoms with Crippen LogP contribution in [0.15, 0.2) is 36.7 Å². The van der Waals surface area contributed by atoms with Crippen LogP contribution in [0.2, 0.25) is 0 Å². The molecule has 0 bridgehead atoms. The van der Waals surface area contributed by atoms with Gasteiger partial charge in [-0.2, -0.15) is 13.2 Å². The summed E-state index contributed by atoms with van der Waals surface area (Å²) in [4.78, 5) is 4.15. The molecule has 6 heteroatoms. The molecule has 102 valence electrons. The lowest BCUT2D eigenvalue weighted by Gasteiger charge is -2.08. The summed E-state index contributed by atoms with van der Waals surface area (Å²) in [6, 6.07) is 5.15. The highest BCUT2D eigenvalue weighted by Gasteiger charge is 2.29. The highest BCUT2D eigenvalue weighted by molar-refractivity contribution is 5.24. The summed E-state index contributed by atoms with van der Waals surface area (Å²) in [7, 11) is 1.89. The summed E-state index contributed by atoms with van der Waals surface area (Å²) in [5.74, 6) is 0.881. The molecule has 0 unspecified atom stereocenters. The van der Waals surface area contributed by atoms with Crippen molar-refractivity contribution in [2.75, 3.05) is 0 Å². The number of nitrogens with one attached hydrogen (secondary N) is 1. The first-order chi connectivity index (χ1) is 8.97. The molecule has 0 aliphatic heterocycles. The Balaban J connectivity index is 1.89. The monoisotopic (exact) mass is 269 g/mol. The molecular weight excluding hydrogens is 255 g/mol. The second-order valence-electron chi connectivity index (χ2n) is 4.25. The lowest BCUT2D eigenvalue weighted by atomic mass is 10.1. The number of halogens is 3. The van der Waals surface area contributed by atoms with Crippen LogP contribution < -0.4 is 5.32 Å². The quantitative estimate of drug-likeness (QED) is 0.925. The van der Waals surface area contributed by atoms with Crippen molar-refractivity contribution in [3.05, 3.63) is 53.6 Å². The maximum absolute atomic E-state index is 12.4. The Morgan fingerprint density at radius 2 is 1.84 bits per heavy atom. The lowest BCUT2D eigenvalue weighted by molar-refractivity contribution is -0.137. The number of rotatable bonds is 4. The van der Waals surface area contributed by atoms with Crippen LogP contribution in [0.1, 0.15) is 17.0 Å². The van der Waals surface area contributed by atoms with Crippen LogP contribution in [0.4, 0.5) is 13.2 Å². The van der Waals surface area contributed by atoms with Crippen molar-refractivity contribution < 1.29 is 13.2 Å². The number of hydrogen-bond acceptors (Lipinski definition) is 2. The normalized spacial score (nSPS) is 11.8. The van der Waals surface area contributed by atoms with Gasteiger partial charge >= 0.3 is 6.18 Å². The molecule has 0 aliphatic rings. The molecule has 2 rings (SSSR count). The van der Waals surface area contributed by atoms with Crippen molar-refractivity contribution in [3.63, 3.8) is 0 Å². The fraction of sp³-hybridized carbons (Fsp3) is 0.308. The molecule has 0 saturated carbocycles. The van der Waals surface area contributed by atoms with E-state index >= 15 is 0 Å². The number of nitrogens with zero attached hydrogens (tertiary/aromatic N) is 2. The van der Waals surface area contributed by atoms with E-state index in [4.69, 9.17) is 0 Å². The number of benzene rings is 1. The van der Waals surface area contributed by atoms with Gasteiger partial charge in [0.2, 0.25) is 0 Å². The number of aryl methyl sites for hydroxylation is 1. The Bertz CT molecular complexity index is 529. The molecule has 1 aromatic heterocycles. The van der Waals surface area contributed by atoms with E-state index in [2.05, 4.69) is 10.3 Å². The molecule has 0 aliphatic carbocycles. The fourth-order valence-corrected chi connectivity index (χ4v) is 1.70. The Kier molecular flexibility index (Phi) is 3.90. The van der Waals surface area contributed by atoms with Gasteiger partial charge in [-0.05, 0) is 17.7 Å². The zero-order valence-corrected chi connectivity index (χ0v) is 10.4. The number of hydrogen-bond donors (Lipinski definition) is 1. The molecule has 2 aromatic rings. The molecule has 1 aromatic carbocycles. The van der Waals surface area contributed by atoms with E-state index in [-0.39, 0.29) is 0 Å². The molecule has 0 fully saturated rings. The van der Waals surface area contributed by atoms with E-state index in [1.807, 2.05) is 17.8 Å². The van der Waals surface area contributed by atoms with Crippen molar-refractivity contribution in [3.8, 4) is 0 Å². The Morgan fingerprint density at radius 3 is 2.37 bits per heavy atom. The Labute approximate surface area is 109 Å². The summed E-state index contributed by atoms with van der Waals surface area (Å²) in [5.41, 5.74) is 0.183. The third kappa shape index (κ3) is 3.57. The summed E-state index contributed by atoms with van der Waals surface area (Å²) in [5, 5.41) is 3.14. The van der Waals surface area contributed by atoms with Crippen molar-refractivity contribution in [2.45, 2.75) is 19.3 Å². The second-order valence-corrected chi connectivity index (χ2v) is 4.25. The van der Waals surface area contributed by atoms with Gasteiger partial charge in [0.15, 0.2) is 0 Å². The minimum Gasteiger partial charge on any atom is -0.337 e. The van der Waals surface area contributed by atoms with Crippen LogP contribution in [0.3, 0.4) is 0 Å². The van der Waals surface area contributed by atoms with Crippen molar-refractivity contribution in [1.82, 2.24) is 14.9 Å². The van der Waals surface area contributed by atoms with E-state index in [9.17, 15) is 13.2 Å². The molecule has 19 heavy (non-hydrogen) atoms. The maximum Gasteiger partial charge on any atom is 0.416 e. The third-order valence-corrected chi connectivity index (χ3v) is 2.81. The van der Waals surface area contributed by atoms with E-state index in [0.717, 1.165) is 23.5 Å². The molecule has 1 heterocycles. The minimum absolute atomic E-state index is 0.505. The standard InChI is InChI=1S/C13H14F3N3/c1-19-7-6-18-12(19)9-17-8-10-2-4-11(5-3-10)13(14,15)16/h2-7,17H,8-9H2,1H3. The largest absolute Gasteiger partial charge is 0.416 e. The Hall–Kier alpha value is -1.82. The highest BCUT2D eigenvalue weighted by Crippen LogP contribution is 2.28. The fourth-order valence-electron chi connectivity index (χ4n) is 1.70. The smallest absolute Gasteiger partial charge is 0.337 e. The van der Waals surface area contributed by atoms with Crippen LogP contribution >= 0.6 is 0 Å². The first kappa shape index (κ1) is 13.6. The average Bonchev–Trinajstić information content (AvgIpc) is 2.75.